The number of aromatic amines is 1. The lowest BCUT2D eigenvalue weighted by Gasteiger charge is -2.19. The first-order valence-electron chi connectivity index (χ1n) is 6.43. The van der Waals surface area contributed by atoms with Gasteiger partial charge < -0.3 is 14.8 Å². The molecule has 0 radical (unpaired) electrons. The molecule has 1 aromatic carbocycles. The van der Waals surface area contributed by atoms with Crippen LogP contribution in [0.2, 0.25) is 0 Å². The maximum Gasteiger partial charge on any atom is 0.161 e. The highest BCUT2D eigenvalue weighted by Crippen LogP contribution is 2.30. The first kappa shape index (κ1) is 12.0. The summed E-state index contributed by atoms with van der Waals surface area (Å²) in [6.45, 7) is 4.14. The van der Waals surface area contributed by atoms with Crippen LogP contribution < -0.4 is 14.8 Å². The van der Waals surface area contributed by atoms with E-state index in [0.29, 0.717) is 13.2 Å². The van der Waals surface area contributed by atoms with Crippen LogP contribution in [0.25, 0.3) is 0 Å². The Hall–Kier alpha value is -2.01. The largest absolute Gasteiger partial charge is 0.486 e. The number of nitrogens with zero attached hydrogens (tertiary/aromatic N) is 1. The van der Waals surface area contributed by atoms with Crippen LogP contribution in [0.15, 0.2) is 30.6 Å². The normalized spacial score (nSPS) is 15.2. The van der Waals surface area contributed by atoms with Crippen LogP contribution in [0.4, 0.5) is 0 Å². The van der Waals surface area contributed by atoms with Gasteiger partial charge in [0.05, 0.1) is 6.20 Å². The maximum absolute atomic E-state index is 5.58. The van der Waals surface area contributed by atoms with Crippen LogP contribution in [0.5, 0.6) is 11.5 Å². The zero-order chi connectivity index (χ0) is 13.1. The molecule has 2 N–H and O–H groups in total. The molecule has 3 rings (SSSR count). The predicted molar refractivity (Wildman–Crippen MR) is 71.3 cm³/mol. The molecule has 0 saturated carbocycles. The number of hydrogen-bond acceptors (Lipinski definition) is 4. The second-order valence-electron chi connectivity index (χ2n) is 4.61. The highest BCUT2D eigenvalue weighted by molar-refractivity contribution is 5.43. The second-order valence-corrected chi connectivity index (χ2v) is 4.61. The molecule has 1 aliphatic heterocycles. The molecular weight excluding hydrogens is 242 g/mol. The summed E-state index contributed by atoms with van der Waals surface area (Å²) in [5.41, 5.74) is 2.33. The van der Waals surface area contributed by atoms with Crippen molar-refractivity contribution in [1.82, 2.24) is 15.5 Å². The summed E-state index contributed by atoms with van der Waals surface area (Å²) in [4.78, 5) is 0. The van der Waals surface area contributed by atoms with Crippen molar-refractivity contribution >= 4 is 0 Å². The third kappa shape index (κ3) is 2.71. The van der Waals surface area contributed by atoms with E-state index in [4.69, 9.17) is 9.47 Å². The molecule has 1 aromatic heterocycles. The molecule has 0 spiro atoms. The van der Waals surface area contributed by atoms with E-state index in [0.717, 1.165) is 23.6 Å². The van der Waals surface area contributed by atoms with E-state index in [1.807, 2.05) is 24.5 Å². The van der Waals surface area contributed by atoms with Gasteiger partial charge in [-0.15, -0.1) is 0 Å². The van der Waals surface area contributed by atoms with Crippen LogP contribution in [-0.2, 0) is 6.54 Å². The van der Waals surface area contributed by atoms with E-state index < -0.39 is 0 Å². The van der Waals surface area contributed by atoms with Gasteiger partial charge in [-0.05, 0) is 24.6 Å². The van der Waals surface area contributed by atoms with Crippen molar-refractivity contribution in [3.63, 3.8) is 0 Å². The Morgan fingerprint density at radius 1 is 1.32 bits per heavy atom. The van der Waals surface area contributed by atoms with Crippen molar-refractivity contribution < 1.29 is 9.47 Å². The van der Waals surface area contributed by atoms with Gasteiger partial charge in [-0.2, -0.15) is 5.10 Å². The molecule has 2 heterocycles. The van der Waals surface area contributed by atoms with E-state index in [9.17, 15) is 0 Å². The number of H-pyrrole nitrogens is 1. The van der Waals surface area contributed by atoms with Crippen molar-refractivity contribution in [2.24, 2.45) is 0 Å². The van der Waals surface area contributed by atoms with E-state index in [1.165, 1.54) is 5.56 Å². The fraction of sp³-hybridized carbons (Fsp3) is 0.357. The predicted octanol–water partition coefficient (Wildman–Crippen LogP) is 2.03. The molecule has 1 atom stereocenters. The van der Waals surface area contributed by atoms with Gasteiger partial charge in [-0.1, -0.05) is 6.07 Å². The van der Waals surface area contributed by atoms with E-state index >= 15 is 0 Å². The summed E-state index contributed by atoms with van der Waals surface area (Å²) in [6.07, 6.45) is 3.74. The Bertz CT molecular complexity index is 540. The molecule has 100 valence electrons. The van der Waals surface area contributed by atoms with Crippen molar-refractivity contribution in [3.8, 4) is 11.5 Å². The zero-order valence-corrected chi connectivity index (χ0v) is 10.8. The molecule has 2 aromatic rings. The Morgan fingerprint density at radius 3 is 2.95 bits per heavy atom. The minimum Gasteiger partial charge on any atom is -0.486 e. The minimum atomic E-state index is 0.256. The first-order chi connectivity index (χ1) is 9.33. The van der Waals surface area contributed by atoms with Crippen molar-refractivity contribution in [2.75, 3.05) is 13.2 Å². The molecule has 1 unspecified atom stereocenters. The highest BCUT2D eigenvalue weighted by atomic mass is 16.6. The van der Waals surface area contributed by atoms with E-state index in [-0.39, 0.29) is 6.04 Å². The number of ether oxygens (including phenoxy) is 2. The van der Waals surface area contributed by atoms with Crippen LogP contribution in [-0.4, -0.2) is 23.4 Å². The molecular formula is C14H17N3O2. The van der Waals surface area contributed by atoms with E-state index in [2.05, 4.69) is 28.5 Å². The van der Waals surface area contributed by atoms with Gasteiger partial charge >= 0.3 is 0 Å². The third-order valence-electron chi connectivity index (χ3n) is 3.24. The lowest BCUT2D eigenvalue weighted by Crippen LogP contribution is -2.19. The maximum atomic E-state index is 5.58. The minimum absolute atomic E-state index is 0.256. The molecule has 19 heavy (non-hydrogen) atoms. The Labute approximate surface area is 111 Å². The Balaban J connectivity index is 1.64. The topological polar surface area (TPSA) is 59.2 Å². The van der Waals surface area contributed by atoms with Crippen LogP contribution >= 0.6 is 0 Å². The average molecular weight is 259 g/mol. The van der Waals surface area contributed by atoms with Crippen LogP contribution in [0, 0.1) is 0 Å². The van der Waals surface area contributed by atoms with E-state index in [1.54, 1.807) is 0 Å². The standard InChI is InChI=1S/C14H17N3O2/c1-10(12-8-16-17-9-12)15-7-11-2-3-13-14(6-11)19-5-4-18-13/h2-3,6,8-10,15H,4-5,7H2,1H3,(H,16,17). The molecule has 0 fully saturated rings. The highest BCUT2D eigenvalue weighted by Gasteiger charge is 2.12. The molecule has 0 bridgehead atoms. The van der Waals surface area contributed by atoms with Gasteiger partial charge in [0.25, 0.3) is 0 Å². The summed E-state index contributed by atoms with van der Waals surface area (Å²) in [6, 6.07) is 6.31. The smallest absolute Gasteiger partial charge is 0.161 e. The number of benzene rings is 1. The number of aromatic nitrogens is 2. The summed E-state index contributed by atoms with van der Waals surface area (Å²) < 4.78 is 11.1. The molecule has 0 amide bonds. The Kier molecular flexibility index (Phi) is 3.37. The van der Waals surface area contributed by atoms with Gasteiger partial charge in [0, 0.05) is 24.3 Å². The van der Waals surface area contributed by atoms with Gasteiger partial charge in [0.15, 0.2) is 11.5 Å². The van der Waals surface area contributed by atoms with Gasteiger partial charge in [-0.3, -0.25) is 5.10 Å². The fourth-order valence-electron chi connectivity index (χ4n) is 2.08. The van der Waals surface area contributed by atoms with Gasteiger partial charge in [-0.25, -0.2) is 0 Å². The summed E-state index contributed by atoms with van der Waals surface area (Å²) >= 11 is 0. The number of rotatable bonds is 4. The van der Waals surface area contributed by atoms with Crippen molar-refractivity contribution in [3.05, 3.63) is 41.7 Å². The first-order valence-corrected chi connectivity index (χ1v) is 6.43. The fourth-order valence-corrected chi connectivity index (χ4v) is 2.08. The van der Waals surface area contributed by atoms with Gasteiger partial charge in [0.1, 0.15) is 13.2 Å². The summed E-state index contributed by atoms with van der Waals surface area (Å²) in [7, 11) is 0. The molecule has 0 saturated heterocycles. The third-order valence-corrected chi connectivity index (χ3v) is 3.24. The average Bonchev–Trinajstić information content (AvgIpc) is 2.99. The lowest BCUT2D eigenvalue weighted by atomic mass is 10.1. The number of fused-ring (bicyclic) bond motifs is 1. The molecule has 5 nitrogen and oxygen atoms in total. The molecule has 1 aliphatic rings. The van der Waals surface area contributed by atoms with Crippen LogP contribution in [0.1, 0.15) is 24.1 Å². The lowest BCUT2D eigenvalue weighted by molar-refractivity contribution is 0.171. The molecule has 0 aliphatic carbocycles. The Morgan fingerprint density at radius 2 is 2.16 bits per heavy atom. The second kappa shape index (κ2) is 5.32. The summed E-state index contributed by atoms with van der Waals surface area (Å²) in [5, 5.41) is 10.2. The number of nitrogens with one attached hydrogen (secondary N) is 2. The number of hydrogen-bond donors (Lipinski definition) is 2. The van der Waals surface area contributed by atoms with Crippen molar-refractivity contribution in [2.45, 2.75) is 19.5 Å². The summed E-state index contributed by atoms with van der Waals surface area (Å²) in [5.74, 6) is 1.67. The zero-order valence-electron chi connectivity index (χ0n) is 10.8. The quantitative estimate of drug-likeness (QED) is 0.882. The van der Waals surface area contributed by atoms with Crippen molar-refractivity contribution in [1.29, 1.82) is 0 Å². The monoisotopic (exact) mass is 259 g/mol. The van der Waals surface area contributed by atoms with Gasteiger partial charge in [0.2, 0.25) is 0 Å². The SMILES string of the molecule is CC(NCc1ccc2c(c1)OCCO2)c1cn[nH]c1. The molecule has 5 heteroatoms. The van der Waals surface area contributed by atoms with Crippen LogP contribution in [0.3, 0.4) is 0 Å².